The molecule has 7 heteroatoms. The number of ether oxygens (including phenoxy) is 3. The van der Waals surface area contributed by atoms with Gasteiger partial charge in [-0.25, -0.2) is 14.6 Å². The predicted molar refractivity (Wildman–Crippen MR) is 139 cm³/mol. The summed E-state index contributed by atoms with van der Waals surface area (Å²) >= 11 is 6.44. The van der Waals surface area contributed by atoms with Crippen molar-refractivity contribution in [2.45, 2.75) is 6.92 Å². The highest BCUT2D eigenvalue weighted by molar-refractivity contribution is 6.32. The summed E-state index contributed by atoms with van der Waals surface area (Å²) in [5.74, 6) is -0.599. The monoisotopic (exact) mass is 497 g/mol. The number of hydrogen-bond acceptors (Lipinski definition) is 6. The van der Waals surface area contributed by atoms with Gasteiger partial charge in [-0.3, -0.25) is 0 Å². The highest BCUT2D eigenvalue weighted by Crippen LogP contribution is 2.38. The maximum atomic E-state index is 12.6. The molecule has 0 atom stereocenters. The Kier molecular flexibility index (Phi) is 6.27. The van der Waals surface area contributed by atoms with E-state index in [1.54, 1.807) is 30.3 Å². The van der Waals surface area contributed by atoms with Gasteiger partial charge in [0.05, 0.1) is 17.7 Å². The smallest absolute Gasteiger partial charge is 0.363 e. The number of benzene rings is 4. The summed E-state index contributed by atoms with van der Waals surface area (Å²) in [7, 11) is 1.44. The molecule has 36 heavy (non-hydrogen) atoms. The van der Waals surface area contributed by atoms with Crippen LogP contribution in [-0.2, 0) is 9.53 Å². The zero-order valence-electron chi connectivity index (χ0n) is 19.4. The second-order valence-corrected chi connectivity index (χ2v) is 8.60. The molecule has 0 spiro atoms. The Balaban J connectivity index is 1.44. The Hall–Kier alpha value is -4.42. The Bertz CT molecular complexity index is 1590. The van der Waals surface area contributed by atoms with Gasteiger partial charge in [0.1, 0.15) is 0 Å². The normalized spacial score (nSPS) is 14.0. The van der Waals surface area contributed by atoms with Gasteiger partial charge in [-0.05, 0) is 65.7 Å². The number of methoxy groups -OCH3 is 1. The van der Waals surface area contributed by atoms with Crippen LogP contribution in [0.15, 0.2) is 89.6 Å². The molecule has 4 aromatic carbocycles. The number of nitrogens with zero attached hydrogens (tertiary/aromatic N) is 1. The molecule has 0 amide bonds. The fourth-order valence-electron chi connectivity index (χ4n) is 3.86. The van der Waals surface area contributed by atoms with Crippen molar-refractivity contribution in [1.29, 1.82) is 0 Å². The topological polar surface area (TPSA) is 74.2 Å². The quantitative estimate of drug-likeness (QED) is 0.182. The van der Waals surface area contributed by atoms with Gasteiger partial charge in [-0.2, -0.15) is 0 Å². The van der Waals surface area contributed by atoms with Crippen LogP contribution in [0.25, 0.3) is 16.8 Å². The van der Waals surface area contributed by atoms with Gasteiger partial charge in [0, 0.05) is 5.56 Å². The number of cyclic esters (lactones) is 1. The number of carbonyl (C=O) groups is 2. The number of esters is 2. The van der Waals surface area contributed by atoms with Gasteiger partial charge in [0.25, 0.3) is 0 Å². The average molecular weight is 498 g/mol. The van der Waals surface area contributed by atoms with Gasteiger partial charge in [0.2, 0.25) is 5.90 Å². The number of aliphatic imine (C=N–C) groups is 1. The van der Waals surface area contributed by atoms with Gasteiger partial charge in [-0.1, -0.05) is 59.6 Å². The molecule has 0 aromatic heterocycles. The lowest BCUT2D eigenvalue weighted by Crippen LogP contribution is -2.10. The second kappa shape index (κ2) is 9.68. The van der Waals surface area contributed by atoms with E-state index < -0.39 is 11.9 Å². The molecular formula is C29H20ClNO5. The first-order valence-electron chi connectivity index (χ1n) is 11.1. The molecule has 6 nitrogen and oxygen atoms in total. The summed E-state index contributed by atoms with van der Waals surface area (Å²) in [6.45, 7) is 1.88. The lowest BCUT2D eigenvalue weighted by molar-refractivity contribution is -0.129. The van der Waals surface area contributed by atoms with Crippen LogP contribution in [0, 0.1) is 6.92 Å². The van der Waals surface area contributed by atoms with E-state index in [-0.39, 0.29) is 28.1 Å². The molecule has 0 N–H and O–H groups in total. The molecule has 178 valence electrons. The minimum absolute atomic E-state index is 0.0853. The fourth-order valence-corrected chi connectivity index (χ4v) is 4.12. The highest BCUT2D eigenvalue weighted by atomic mass is 35.5. The molecule has 4 aromatic rings. The molecule has 1 heterocycles. The maximum Gasteiger partial charge on any atom is 0.363 e. The lowest BCUT2D eigenvalue weighted by atomic mass is 10.1. The first-order valence-corrected chi connectivity index (χ1v) is 11.5. The van der Waals surface area contributed by atoms with E-state index in [0.29, 0.717) is 16.7 Å². The third-order valence-electron chi connectivity index (χ3n) is 5.62. The summed E-state index contributed by atoms with van der Waals surface area (Å²) in [5, 5.41) is 2.23. The molecule has 0 unspecified atom stereocenters. The number of halogens is 1. The van der Waals surface area contributed by atoms with Crippen LogP contribution in [0.2, 0.25) is 5.02 Å². The van der Waals surface area contributed by atoms with Crippen molar-refractivity contribution >= 4 is 46.3 Å². The summed E-state index contributed by atoms with van der Waals surface area (Å²) in [6, 6.07) is 23.8. The zero-order chi connectivity index (χ0) is 25.2. The van der Waals surface area contributed by atoms with Crippen LogP contribution < -0.4 is 9.47 Å². The Morgan fingerprint density at radius 1 is 0.972 bits per heavy atom. The van der Waals surface area contributed by atoms with Gasteiger partial charge >= 0.3 is 11.9 Å². The summed E-state index contributed by atoms with van der Waals surface area (Å²) < 4.78 is 16.3. The van der Waals surface area contributed by atoms with Crippen LogP contribution in [0.3, 0.4) is 0 Å². The van der Waals surface area contributed by atoms with Crippen molar-refractivity contribution in [3.8, 4) is 11.5 Å². The van der Waals surface area contributed by atoms with Gasteiger partial charge in [0.15, 0.2) is 17.2 Å². The van der Waals surface area contributed by atoms with E-state index >= 15 is 0 Å². The third kappa shape index (κ3) is 4.72. The maximum absolute atomic E-state index is 12.6. The molecule has 0 bridgehead atoms. The zero-order valence-corrected chi connectivity index (χ0v) is 20.2. The number of hydrogen-bond donors (Lipinski definition) is 0. The summed E-state index contributed by atoms with van der Waals surface area (Å²) in [4.78, 5) is 29.5. The Morgan fingerprint density at radius 3 is 2.56 bits per heavy atom. The molecule has 5 rings (SSSR count). The predicted octanol–water partition coefficient (Wildman–Crippen LogP) is 6.37. The lowest BCUT2D eigenvalue weighted by Gasteiger charge is -2.12. The van der Waals surface area contributed by atoms with Gasteiger partial charge < -0.3 is 14.2 Å². The van der Waals surface area contributed by atoms with Crippen molar-refractivity contribution in [2.75, 3.05) is 7.11 Å². The van der Waals surface area contributed by atoms with Crippen LogP contribution in [-0.4, -0.2) is 24.9 Å². The molecule has 0 saturated heterocycles. The van der Waals surface area contributed by atoms with Gasteiger partial charge in [-0.15, -0.1) is 0 Å². The number of aryl methyl sites for hydroxylation is 1. The van der Waals surface area contributed by atoms with Crippen LogP contribution >= 0.6 is 11.6 Å². The molecule has 0 fully saturated rings. The Morgan fingerprint density at radius 2 is 1.78 bits per heavy atom. The van der Waals surface area contributed by atoms with E-state index in [9.17, 15) is 9.59 Å². The summed E-state index contributed by atoms with van der Waals surface area (Å²) in [5.41, 5.74) is 2.66. The number of carbonyl (C=O) groups excluding carboxylic acids is 2. The van der Waals surface area contributed by atoms with Crippen molar-refractivity contribution in [2.24, 2.45) is 4.99 Å². The number of fused-ring (bicyclic) bond motifs is 1. The van der Waals surface area contributed by atoms with E-state index in [1.807, 2.05) is 55.5 Å². The first-order chi connectivity index (χ1) is 17.4. The standard InChI is InChI=1S/C29H20ClNO5/c1-17-6-5-9-22(12-17)28(32)35-26-23(30)13-18(15-25(26)34-2)14-24-29(33)36-27(31-24)21-11-10-19-7-3-4-8-20(19)16-21/h3-16H,1-2H3/b24-14-. The van der Waals surface area contributed by atoms with E-state index in [2.05, 4.69) is 4.99 Å². The van der Waals surface area contributed by atoms with Crippen LogP contribution in [0.5, 0.6) is 11.5 Å². The molecule has 1 aliphatic heterocycles. The average Bonchev–Trinajstić information content (AvgIpc) is 3.24. The molecule has 0 aliphatic carbocycles. The van der Waals surface area contributed by atoms with Crippen molar-refractivity contribution in [1.82, 2.24) is 0 Å². The van der Waals surface area contributed by atoms with Crippen LogP contribution in [0.4, 0.5) is 0 Å². The van der Waals surface area contributed by atoms with Crippen molar-refractivity contribution in [3.63, 3.8) is 0 Å². The van der Waals surface area contributed by atoms with Crippen LogP contribution in [0.1, 0.15) is 27.0 Å². The van der Waals surface area contributed by atoms with E-state index in [4.69, 9.17) is 25.8 Å². The second-order valence-electron chi connectivity index (χ2n) is 8.19. The molecule has 0 radical (unpaired) electrons. The van der Waals surface area contributed by atoms with E-state index in [1.165, 1.54) is 13.2 Å². The molecular weight excluding hydrogens is 478 g/mol. The molecule has 1 aliphatic rings. The van der Waals surface area contributed by atoms with Crippen molar-refractivity contribution < 1.29 is 23.8 Å². The Labute approximate surface area is 212 Å². The third-order valence-corrected chi connectivity index (χ3v) is 5.90. The molecule has 0 saturated carbocycles. The minimum Gasteiger partial charge on any atom is -0.493 e. The van der Waals surface area contributed by atoms with E-state index in [0.717, 1.165) is 16.3 Å². The highest BCUT2D eigenvalue weighted by Gasteiger charge is 2.25. The largest absolute Gasteiger partial charge is 0.493 e. The minimum atomic E-state index is -0.580. The fraction of sp³-hybridized carbons (Fsp3) is 0.0690. The first kappa shape index (κ1) is 23.3. The van der Waals surface area contributed by atoms with Crippen molar-refractivity contribution in [3.05, 3.63) is 112 Å². The summed E-state index contributed by atoms with van der Waals surface area (Å²) in [6.07, 6.45) is 1.54. The number of rotatable bonds is 5. The SMILES string of the molecule is COc1cc(/C=C2\N=C(c3ccc4ccccc4c3)OC2=O)cc(Cl)c1OC(=O)c1cccc(C)c1.